The van der Waals surface area contributed by atoms with E-state index in [9.17, 15) is 14.4 Å². The van der Waals surface area contributed by atoms with Gasteiger partial charge < -0.3 is 14.2 Å². The Morgan fingerprint density at radius 2 is 0.625 bits per heavy atom. The average molecular weight is 889 g/mol. The highest BCUT2D eigenvalue weighted by Crippen LogP contribution is 2.14. The molecule has 0 aromatic rings. The van der Waals surface area contributed by atoms with E-state index in [1.54, 1.807) is 0 Å². The normalized spacial score (nSPS) is 12.9. The minimum absolute atomic E-state index is 0.107. The molecule has 0 N–H and O–H groups in total. The van der Waals surface area contributed by atoms with Gasteiger partial charge in [0.05, 0.1) is 0 Å². The third-order valence-electron chi connectivity index (χ3n) is 10.8. The average Bonchev–Trinajstić information content (AvgIpc) is 3.29. The van der Waals surface area contributed by atoms with Crippen LogP contribution in [0.15, 0.2) is 97.2 Å². The van der Waals surface area contributed by atoms with Crippen LogP contribution in [-0.2, 0) is 28.6 Å². The van der Waals surface area contributed by atoms with Crippen molar-refractivity contribution in [3.63, 3.8) is 0 Å². The molecule has 364 valence electrons. The van der Waals surface area contributed by atoms with Crippen molar-refractivity contribution < 1.29 is 28.6 Å². The molecule has 0 saturated heterocycles. The summed E-state index contributed by atoms with van der Waals surface area (Å²) in [5, 5.41) is 0. The lowest BCUT2D eigenvalue weighted by atomic mass is 10.0. The lowest BCUT2D eigenvalue weighted by molar-refractivity contribution is -0.167. The van der Waals surface area contributed by atoms with Crippen LogP contribution in [0.3, 0.4) is 0 Å². The molecule has 0 bridgehead atoms. The molecule has 0 amide bonds. The quantitative estimate of drug-likeness (QED) is 0.0262. The minimum Gasteiger partial charge on any atom is -0.462 e. The number of carbonyl (C=O) groups excluding carboxylic acids is 3. The summed E-state index contributed by atoms with van der Waals surface area (Å²) in [5.41, 5.74) is 0. The molecule has 0 unspecified atom stereocenters. The zero-order valence-electron chi connectivity index (χ0n) is 41.5. The van der Waals surface area contributed by atoms with Gasteiger partial charge in [0.2, 0.25) is 0 Å². The summed E-state index contributed by atoms with van der Waals surface area (Å²) in [7, 11) is 0. The molecule has 0 aliphatic carbocycles. The highest BCUT2D eigenvalue weighted by molar-refractivity contribution is 5.71. The molecular formula is C58H96O6. The standard InChI is InChI=1S/C58H96O6/c1-4-7-10-13-16-19-22-25-27-29-31-33-36-39-42-45-48-51-57(60)63-54-55(53-62-56(59)50-47-44-41-38-35-24-21-18-15-12-9-6-3)64-58(61)52-49-46-43-40-37-34-32-30-28-26-23-20-17-14-11-8-5-2/h8,11,16-17,19-20,25-28,31-34,40,43,55H,4-7,9-10,12-15,18,21-24,29-30,35-39,41-42,44-54H2,1-3H3/b11-8-,19-16-,20-17-,27-25-,28-26-,33-31-,34-32-,43-40-/t55-/m0/s1. The van der Waals surface area contributed by atoms with Crippen LogP contribution in [0.1, 0.15) is 233 Å². The lowest BCUT2D eigenvalue weighted by Crippen LogP contribution is -2.30. The van der Waals surface area contributed by atoms with Crippen LogP contribution in [-0.4, -0.2) is 37.2 Å². The first-order valence-corrected chi connectivity index (χ1v) is 26.2. The van der Waals surface area contributed by atoms with Crippen LogP contribution >= 0.6 is 0 Å². The summed E-state index contributed by atoms with van der Waals surface area (Å²) in [4.78, 5) is 38.0. The summed E-state index contributed by atoms with van der Waals surface area (Å²) >= 11 is 0. The molecule has 6 nitrogen and oxygen atoms in total. The van der Waals surface area contributed by atoms with Gasteiger partial charge in [-0.3, -0.25) is 14.4 Å². The molecule has 0 heterocycles. The van der Waals surface area contributed by atoms with Crippen molar-refractivity contribution >= 4 is 17.9 Å². The zero-order valence-corrected chi connectivity index (χ0v) is 41.5. The molecule has 0 aliphatic rings. The Kier molecular flexibility index (Phi) is 49.0. The van der Waals surface area contributed by atoms with Gasteiger partial charge in [0.1, 0.15) is 13.2 Å². The molecule has 0 aromatic carbocycles. The van der Waals surface area contributed by atoms with E-state index in [1.165, 1.54) is 83.5 Å². The smallest absolute Gasteiger partial charge is 0.306 e. The van der Waals surface area contributed by atoms with Gasteiger partial charge in [0.15, 0.2) is 6.10 Å². The molecule has 0 aliphatic heterocycles. The van der Waals surface area contributed by atoms with E-state index >= 15 is 0 Å². The highest BCUT2D eigenvalue weighted by Gasteiger charge is 2.19. The third-order valence-corrected chi connectivity index (χ3v) is 10.8. The fourth-order valence-electron chi connectivity index (χ4n) is 6.90. The summed E-state index contributed by atoms with van der Waals surface area (Å²) in [6.45, 7) is 6.42. The molecule has 0 aromatic heterocycles. The number of unbranched alkanes of at least 4 members (excludes halogenated alkanes) is 19. The Morgan fingerprint density at radius 1 is 0.328 bits per heavy atom. The van der Waals surface area contributed by atoms with Crippen LogP contribution < -0.4 is 0 Å². The fraction of sp³-hybridized carbons (Fsp3) is 0.672. The van der Waals surface area contributed by atoms with E-state index in [-0.39, 0.29) is 37.5 Å². The van der Waals surface area contributed by atoms with Gasteiger partial charge >= 0.3 is 17.9 Å². The van der Waals surface area contributed by atoms with Gasteiger partial charge in [-0.15, -0.1) is 0 Å². The van der Waals surface area contributed by atoms with E-state index < -0.39 is 6.10 Å². The summed E-state index contributed by atoms with van der Waals surface area (Å²) in [6.07, 6.45) is 68.2. The first-order chi connectivity index (χ1) is 31.5. The van der Waals surface area contributed by atoms with E-state index in [0.29, 0.717) is 19.3 Å². The maximum absolute atomic E-state index is 12.8. The lowest BCUT2D eigenvalue weighted by Gasteiger charge is -2.18. The van der Waals surface area contributed by atoms with E-state index in [0.717, 1.165) is 103 Å². The van der Waals surface area contributed by atoms with Crippen LogP contribution in [0.25, 0.3) is 0 Å². The molecule has 1 atom stereocenters. The number of carbonyl (C=O) groups is 3. The van der Waals surface area contributed by atoms with E-state index in [4.69, 9.17) is 14.2 Å². The maximum Gasteiger partial charge on any atom is 0.306 e. The number of rotatable bonds is 46. The third kappa shape index (κ3) is 49.3. The van der Waals surface area contributed by atoms with Crippen LogP contribution in [0.5, 0.6) is 0 Å². The van der Waals surface area contributed by atoms with Gasteiger partial charge in [0.25, 0.3) is 0 Å². The fourth-order valence-corrected chi connectivity index (χ4v) is 6.90. The van der Waals surface area contributed by atoms with Gasteiger partial charge in [-0.2, -0.15) is 0 Å². The number of allylic oxidation sites excluding steroid dienone is 16. The molecule has 0 fully saturated rings. The second-order valence-corrected chi connectivity index (χ2v) is 17.1. The molecule has 6 heteroatoms. The Hall–Kier alpha value is -3.67. The predicted octanol–water partition coefficient (Wildman–Crippen LogP) is 17.4. The first kappa shape index (κ1) is 60.3. The SMILES string of the molecule is CC/C=C\C/C=C\C/C=C\C/C=C\C/C=C\CCCC(=O)O[C@H](COC(=O)CCCCCC/C=C\C/C=C\C/C=C\CCCCC)COC(=O)CCCCCCCCCCCCCC. The molecular weight excluding hydrogens is 793 g/mol. The Balaban J connectivity index is 4.52. The van der Waals surface area contributed by atoms with Crippen LogP contribution in [0.2, 0.25) is 0 Å². The summed E-state index contributed by atoms with van der Waals surface area (Å²) in [6, 6.07) is 0. The summed E-state index contributed by atoms with van der Waals surface area (Å²) in [5.74, 6) is -0.990. The minimum atomic E-state index is -0.815. The molecule has 0 saturated carbocycles. The highest BCUT2D eigenvalue weighted by atomic mass is 16.6. The van der Waals surface area contributed by atoms with Crippen molar-refractivity contribution in [1.29, 1.82) is 0 Å². The molecule has 0 rings (SSSR count). The number of esters is 3. The van der Waals surface area contributed by atoms with E-state index in [2.05, 4.69) is 118 Å². The van der Waals surface area contributed by atoms with Crippen molar-refractivity contribution in [1.82, 2.24) is 0 Å². The Morgan fingerprint density at radius 3 is 1.03 bits per heavy atom. The maximum atomic E-state index is 12.8. The monoisotopic (exact) mass is 889 g/mol. The number of ether oxygens (including phenoxy) is 3. The van der Waals surface area contributed by atoms with Crippen molar-refractivity contribution in [3.8, 4) is 0 Å². The van der Waals surface area contributed by atoms with Crippen molar-refractivity contribution in [3.05, 3.63) is 97.2 Å². The second kappa shape index (κ2) is 52.0. The van der Waals surface area contributed by atoms with Gasteiger partial charge in [0, 0.05) is 19.3 Å². The van der Waals surface area contributed by atoms with Gasteiger partial charge in [-0.25, -0.2) is 0 Å². The van der Waals surface area contributed by atoms with Crippen molar-refractivity contribution in [2.75, 3.05) is 13.2 Å². The van der Waals surface area contributed by atoms with E-state index in [1.807, 2.05) is 0 Å². The Bertz CT molecular complexity index is 1300. The topological polar surface area (TPSA) is 78.9 Å². The van der Waals surface area contributed by atoms with Crippen LogP contribution in [0.4, 0.5) is 0 Å². The largest absolute Gasteiger partial charge is 0.462 e. The summed E-state index contributed by atoms with van der Waals surface area (Å²) < 4.78 is 16.7. The zero-order chi connectivity index (χ0) is 46.5. The Labute approximate surface area is 394 Å². The van der Waals surface area contributed by atoms with Gasteiger partial charge in [-0.1, -0.05) is 214 Å². The molecule has 0 spiro atoms. The molecule has 64 heavy (non-hydrogen) atoms. The van der Waals surface area contributed by atoms with Gasteiger partial charge in [-0.05, 0) is 96.3 Å². The van der Waals surface area contributed by atoms with Crippen molar-refractivity contribution in [2.24, 2.45) is 0 Å². The number of hydrogen-bond acceptors (Lipinski definition) is 6. The molecule has 0 radical (unpaired) electrons. The predicted molar refractivity (Wildman–Crippen MR) is 274 cm³/mol. The second-order valence-electron chi connectivity index (χ2n) is 17.1. The van der Waals surface area contributed by atoms with Crippen molar-refractivity contribution in [2.45, 2.75) is 239 Å². The number of hydrogen-bond donors (Lipinski definition) is 0. The first-order valence-electron chi connectivity index (χ1n) is 26.2. The van der Waals surface area contributed by atoms with Crippen LogP contribution in [0, 0.1) is 0 Å².